The van der Waals surface area contributed by atoms with Crippen molar-refractivity contribution < 1.29 is 9.76 Å². The number of hydrogen-bond acceptors (Lipinski definition) is 7. The zero-order valence-electron chi connectivity index (χ0n) is 12.9. The summed E-state index contributed by atoms with van der Waals surface area (Å²) >= 11 is 7.68. The third-order valence-electron chi connectivity index (χ3n) is 3.56. The van der Waals surface area contributed by atoms with Crippen LogP contribution in [0, 0.1) is 10.1 Å². The summed E-state index contributed by atoms with van der Waals surface area (Å²) in [6.45, 7) is 0.370. The van der Waals surface area contributed by atoms with Gasteiger partial charge < -0.3 is 0 Å². The molecule has 0 N–H and O–H groups in total. The van der Waals surface area contributed by atoms with Crippen molar-refractivity contribution in [2.24, 2.45) is 0 Å². The summed E-state index contributed by atoms with van der Waals surface area (Å²) in [7, 11) is 1.54. The highest BCUT2D eigenvalue weighted by Crippen LogP contribution is 2.35. The van der Waals surface area contributed by atoms with Crippen LogP contribution in [0.3, 0.4) is 0 Å². The second-order valence-corrected chi connectivity index (χ2v) is 6.13. The largest absolute Gasteiger partial charge is 0.275 e. The number of fused-ring (bicyclic) bond motifs is 1. The van der Waals surface area contributed by atoms with E-state index in [0.29, 0.717) is 28.1 Å². The number of rotatable bonds is 4. The van der Waals surface area contributed by atoms with Crippen LogP contribution in [0.1, 0.15) is 11.1 Å². The number of aromatic nitrogens is 2. The maximum atomic E-state index is 11.0. The molecule has 1 aromatic carbocycles. The zero-order valence-corrected chi connectivity index (χ0v) is 14.5. The van der Waals surface area contributed by atoms with Crippen molar-refractivity contribution in [2.75, 3.05) is 25.0 Å². The van der Waals surface area contributed by atoms with Gasteiger partial charge in [-0.15, -0.1) is 0 Å². The molecule has 0 atom stereocenters. The Morgan fingerprint density at radius 1 is 1.46 bits per heavy atom. The van der Waals surface area contributed by atoms with E-state index >= 15 is 0 Å². The summed E-state index contributed by atoms with van der Waals surface area (Å²) in [5.41, 5.74) is 2.13. The Bertz CT molecular complexity index is 843. The lowest BCUT2D eigenvalue weighted by molar-refractivity contribution is -0.384. The van der Waals surface area contributed by atoms with Gasteiger partial charge in [-0.1, -0.05) is 23.4 Å². The molecule has 3 rings (SSSR count). The molecule has 2 aromatic rings. The summed E-state index contributed by atoms with van der Waals surface area (Å²) < 4.78 is 0. The molecule has 0 amide bonds. The summed E-state index contributed by atoms with van der Waals surface area (Å²) in [5, 5.41) is 13.7. The molecule has 0 radical (unpaired) electrons. The molecule has 0 aliphatic carbocycles. The lowest BCUT2D eigenvalue weighted by atomic mass is 10.00. The van der Waals surface area contributed by atoms with Crippen LogP contribution in [0.15, 0.2) is 29.6 Å². The van der Waals surface area contributed by atoms with Gasteiger partial charge in [-0.05, 0) is 24.0 Å². The number of thioether (sulfide) groups is 1. The molecular weight excluding hydrogens is 352 g/mol. The van der Waals surface area contributed by atoms with Crippen LogP contribution >= 0.6 is 23.4 Å². The average Bonchev–Trinajstić information content (AvgIpc) is 2.60. The van der Waals surface area contributed by atoms with Gasteiger partial charge in [0.15, 0.2) is 11.0 Å². The first kappa shape index (κ1) is 16.7. The Balaban J connectivity index is 2.11. The van der Waals surface area contributed by atoms with Gasteiger partial charge in [0.1, 0.15) is 0 Å². The van der Waals surface area contributed by atoms with E-state index in [4.69, 9.17) is 16.4 Å². The molecule has 0 fully saturated rings. The predicted molar refractivity (Wildman–Crippen MR) is 94.1 cm³/mol. The van der Waals surface area contributed by atoms with Gasteiger partial charge >= 0.3 is 0 Å². The van der Waals surface area contributed by atoms with Gasteiger partial charge in [0.05, 0.1) is 18.6 Å². The topological polar surface area (TPSA) is 81.4 Å². The van der Waals surface area contributed by atoms with Crippen LogP contribution < -0.4 is 5.06 Å². The van der Waals surface area contributed by atoms with E-state index in [9.17, 15) is 10.1 Å². The number of hydroxylamine groups is 1. The second-order valence-electron chi connectivity index (χ2n) is 4.95. The standard InChI is InChI=1S/C15H13ClN4O3S/c1-23-19-8-10(5-9-7-17-15(24-2)18-14(9)19)12-6-11(20(21)22)3-4-13(12)16/h3-7H,8H2,1-2H3. The lowest BCUT2D eigenvalue weighted by Crippen LogP contribution is -2.28. The first-order chi connectivity index (χ1) is 11.5. The molecule has 7 nitrogen and oxygen atoms in total. The van der Waals surface area contributed by atoms with E-state index in [1.165, 1.54) is 30.0 Å². The number of anilines is 1. The monoisotopic (exact) mass is 364 g/mol. The minimum Gasteiger partial charge on any atom is -0.275 e. The minimum atomic E-state index is -0.445. The number of nitrogens with zero attached hydrogens (tertiary/aromatic N) is 4. The molecular formula is C15H13ClN4O3S. The van der Waals surface area contributed by atoms with E-state index in [1.807, 2.05) is 12.3 Å². The summed E-state index contributed by atoms with van der Waals surface area (Å²) in [6.07, 6.45) is 5.47. The molecule has 0 spiro atoms. The Labute approximate surface area is 147 Å². The van der Waals surface area contributed by atoms with Crippen molar-refractivity contribution in [2.45, 2.75) is 5.16 Å². The highest BCUT2D eigenvalue weighted by molar-refractivity contribution is 7.98. The number of nitro groups is 1. The van der Waals surface area contributed by atoms with Gasteiger partial charge in [-0.2, -0.15) is 0 Å². The average molecular weight is 365 g/mol. The van der Waals surface area contributed by atoms with Gasteiger partial charge in [0.25, 0.3) is 5.69 Å². The Hall–Kier alpha value is -2.16. The Morgan fingerprint density at radius 2 is 2.25 bits per heavy atom. The van der Waals surface area contributed by atoms with Crippen molar-refractivity contribution in [1.29, 1.82) is 0 Å². The van der Waals surface area contributed by atoms with Crippen LogP contribution in [0.5, 0.6) is 0 Å². The van der Waals surface area contributed by atoms with Gasteiger partial charge in [0.2, 0.25) is 0 Å². The first-order valence-corrected chi connectivity index (χ1v) is 8.51. The maximum absolute atomic E-state index is 11.0. The Kier molecular flexibility index (Phi) is 4.70. The Morgan fingerprint density at radius 3 is 2.92 bits per heavy atom. The molecule has 0 saturated carbocycles. The third kappa shape index (κ3) is 3.08. The lowest BCUT2D eigenvalue weighted by Gasteiger charge is -2.28. The second kappa shape index (κ2) is 6.76. The third-order valence-corrected chi connectivity index (χ3v) is 4.45. The van der Waals surface area contributed by atoms with E-state index in [-0.39, 0.29) is 5.69 Å². The number of hydrogen-bond donors (Lipinski definition) is 0. The highest BCUT2D eigenvalue weighted by Gasteiger charge is 2.23. The zero-order chi connectivity index (χ0) is 17.3. The number of non-ortho nitro benzene ring substituents is 1. The maximum Gasteiger partial charge on any atom is 0.270 e. The van der Waals surface area contributed by atoms with Crippen LogP contribution in [0.2, 0.25) is 5.02 Å². The summed E-state index contributed by atoms with van der Waals surface area (Å²) in [4.78, 5) is 24.7. The van der Waals surface area contributed by atoms with Crippen molar-refractivity contribution in [3.05, 3.63) is 50.7 Å². The van der Waals surface area contributed by atoms with E-state index in [2.05, 4.69) is 9.97 Å². The molecule has 2 heterocycles. The quantitative estimate of drug-likeness (QED) is 0.354. The van der Waals surface area contributed by atoms with Crippen LogP contribution in [0.4, 0.5) is 11.5 Å². The van der Waals surface area contributed by atoms with Crippen LogP contribution in [-0.4, -0.2) is 34.8 Å². The fraction of sp³-hybridized carbons (Fsp3) is 0.200. The van der Waals surface area contributed by atoms with Crippen molar-refractivity contribution in [3.63, 3.8) is 0 Å². The SMILES string of the molecule is CON1CC(c2cc([N+](=O)[O-])ccc2Cl)=Cc2cnc(SC)nc21. The fourth-order valence-electron chi connectivity index (χ4n) is 2.42. The van der Waals surface area contributed by atoms with Crippen molar-refractivity contribution in [1.82, 2.24) is 9.97 Å². The number of benzene rings is 1. The summed E-state index contributed by atoms with van der Waals surface area (Å²) in [6, 6.07) is 4.37. The molecule has 0 saturated heterocycles. The van der Waals surface area contributed by atoms with Gasteiger partial charge in [0, 0.05) is 34.5 Å². The molecule has 0 unspecified atom stereocenters. The minimum absolute atomic E-state index is 0.0148. The van der Waals surface area contributed by atoms with Crippen molar-refractivity contribution >= 4 is 46.5 Å². The fourth-order valence-corrected chi connectivity index (χ4v) is 2.99. The van der Waals surface area contributed by atoms with Gasteiger partial charge in [-0.3, -0.25) is 15.0 Å². The number of nitro benzene ring substituents is 1. The predicted octanol–water partition coefficient (Wildman–Crippen LogP) is 3.68. The first-order valence-electron chi connectivity index (χ1n) is 6.91. The molecule has 1 aliphatic heterocycles. The molecule has 24 heavy (non-hydrogen) atoms. The van der Waals surface area contributed by atoms with E-state index < -0.39 is 4.92 Å². The number of halogens is 1. The van der Waals surface area contributed by atoms with E-state index in [0.717, 1.165) is 11.1 Å². The van der Waals surface area contributed by atoms with Crippen LogP contribution in [-0.2, 0) is 4.84 Å². The van der Waals surface area contributed by atoms with Crippen LogP contribution in [0.25, 0.3) is 11.6 Å². The molecule has 0 bridgehead atoms. The smallest absolute Gasteiger partial charge is 0.270 e. The highest BCUT2D eigenvalue weighted by atomic mass is 35.5. The normalized spacial score (nSPS) is 13.5. The molecule has 9 heteroatoms. The van der Waals surface area contributed by atoms with Gasteiger partial charge in [-0.25, -0.2) is 15.0 Å². The molecule has 1 aliphatic rings. The molecule has 124 valence electrons. The summed E-state index contributed by atoms with van der Waals surface area (Å²) in [5.74, 6) is 0.655. The van der Waals surface area contributed by atoms with Crippen molar-refractivity contribution in [3.8, 4) is 0 Å². The van der Waals surface area contributed by atoms with E-state index in [1.54, 1.807) is 18.4 Å². The molecule has 1 aromatic heterocycles.